The van der Waals surface area contributed by atoms with Gasteiger partial charge in [0.05, 0.1) is 5.92 Å². The second-order valence-electron chi connectivity index (χ2n) is 11.3. The molecule has 0 amide bonds. The number of nitrogens with zero attached hydrogens (tertiary/aromatic N) is 2. The molecule has 5 heteroatoms. The number of ether oxygens (including phenoxy) is 1. The zero-order chi connectivity index (χ0) is 21.3. The molecule has 7 atom stereocenters. The van der Waals surface area contributed by atoms with Crippen molar-refractivity contribution in [2.45, 2.75) is 64.5 Å². The number of esters is 1. The van der Waals surface area contributed by atoms with Crippen LogP contribution >= 0.6 is 0 Å². The SMILES string of the molecule is C[C@H]1CCC[C@]2(C)C[C@H]3OC(=O)[C@H](CN4C[C@@H]5C[C@H](C4)c4cccc(=O)n4C5)[C@H]3C=C12. The van der Waals surface area contributed by atoms with E-state index in [2.05, 4.69) is 30.9 Å². The maximum atomic E-state index is 13.0. The molecule has 1 aromatic rings. The highest BCUT2D eigenvalue weighted by atomic mass is 16.6. The van der Waals surface area contributed by atoms with Gasteiger partial charge in [0.2, 0.25) is 0 Å². The van der Waals surface area contributed by atoms with E-state index in [1.54, 1.807) is 11.6 Å². The largest absolute Gasteiger partial charge is 0.461 e. The fourth-order valence-electron chi connectivity index (χ4n) is 7.68. The average molecular weight is 423 g/mol. The number of carbonyl (C=O) groups is 1. The van der Waals surface area contributed by atoms with Crippen molar-refractivity contribution >= 4 is 5.97 Å². The van der Waals surface area contributed by atoms with Gasteiger partial charge in [-0.2, -0.15) is 0 Å². The van der Waals surface area contributed by atoms with Gasteiger partial charge in [0, 0.05) is 49.8 Å². The first-order valence-corrected chi connectivity index (χ1v) is 12.3. The summed E-state index contributed by atoms with van der Waals surface area (Å²) in [6, 6.07) is 5.68. The second-order valence-corrected chi connectivity index (χ2v) is 11.3. The highest BCUT2D eigenvalue weighted by molar-refractivity contribution is 5.76. The van der Waals surface area contributed by atoms with Crippen LogP contribution in [0.5, 0.6) is 0 Å². The van der Waals surface area contributed by atoms with E-state index in [-0.39, 0.29) is 34.9 Å². The first kappa shape index (κ1) is 19.8. The summed E-state index contributed by atoms with van der Waals surface area (Å²) < 4.78 is 7.96. The lowest BCUT2D eigenvalue weighted by molar-refractivity contribution is -0.145. The van der Waals surface area contributed by atoms with Gasteiger partial charge < -0.3 is 14.2 Å². The Hall–Kier alpha value is -1.88. The molecule has 4 heterocycles. The molecule has 2 bridgehead atoms. The van der Waals surface area contributed by atoms with Crippen molar-refractivity contribution in [1.29, 1.82) is 0 Å². The van der Waals surface area contributed by atoms with E-state index >= 15 is 0 Å². The number of aromatic nitrogens is 1. The zero-order valence-corrected chi connectivity index (χ0v) is 18.8. The fourth-order valence-corrected chi connectivity index (χ4v) is 7.68. The minimum atomic E-state index is -0.0482. The van der Waals surface area contributed by atoms with E-state index < -0.39 is 0 Å². The lowest BCUT2D eigenvalue weighted by Gasteiger charge is -2.46. The number of hydrogen-bond acceptors (Lipinski definition) is 4. The predicted octanol–water partition coefficient (Wildman–Crippen LogP) is 3.58. The molecule has 0 spiro atoms. The van der Waals surface area contributed by atoms with Gasteiger partial charge in [0.1, 0.15) is 6.10 Å². The van der Waals surface area contributed by atoms with Gasteiger partial charge in [-0.3, -0.25) is 9.59 Å². The Balaban J connectivity index is 1.24. The summed E-state index contributed by atoms with van der Waals surface area (Å²) in [6.07, 6.45) is 8.45. The molecule has 5 nitrogen and oxygen atoms in total. The van der Waals surface area contributed by atoms with E-state index in [1.807, 2.05) is 10.6 Å². The van der Waals surface area contributed by atoms with Crippen LogP contribution in [0, 0.1) is 29.1 Å². The molecular formula is C26H34N2O3. The fraction of sp³-hybridized carbons (Fsp3) is 0.692. The normalized spacial score (nSPS) is 41.6. The number of carbonyl (C=O) groups excluding carboxylic acids is 1. The molecule has 0 unspecified atom stereocenters. The van der Waals surface area contributed by atoms with Crippen LogP contribution < -0.4 is 5.56 Å². The first-order valence-electron chi connectivity index (χ1n) is 12.3. The van der Waals surface area contributed by atoms with E-state index in [1.165, 1.54) is 25.0 Å². The molecule has 1 aromatic heterocycles. The molecule has 5 aliphatic rings. The average Bonchev–Trinajstić information content (AvgIpc) is 3.01. The maximum absolute atomic E-state index is 13.0. The molecule has 0 N–H and O–H groups in total. The highest BCUT2D eigenvalue weighted by Gasteiger charge is 2.52. The van der Waals surface area contributed by atoms with Crippen molar-refractivity contribution in [2.24, 2.45) is 29.1 Å². The maximum Gasteiger partial charge on any atom is 0.311 e. The lowest BCUT2D eigenvalue weighted by Crippen LogP contribution is -2.49. The summed E-state index contributed by atoms with van der Waals surface area (Å²) in [6.45, 7) is 8.26. The number of pyridine rings is 1. The van der Waals surface area contributed by atoms with Crippen LogP contribution in [0.2, 0.25) is 0 Å². The second kappa shape index (κ2) is 7.06. The zero-order valence-electron chi connectivity index (χ0n) is 18.8. The van der Waals surface area contributed by atoms with Crippen molar-refractivity contribution in [1.82, 2.24) is 9.47 Å². The summed E-state index contributed by atoms with van der Waals surface area (Å²) in [5, 5.41) is 0. The molecule has 0 aromatic carbocycles. The predicted molar refractivity (Wildman–Crippen MR) is 119 cm³/mol. The monoisotopic (exact) mass is 422 g/mol. The highest BCUT2D eigenvalue weighted by Crippen LogP contribution is 2.54. The number of rotatable bonds is 2. The molecule has 1 saturated carbocycles. The van der Waals surface area contributed by atoms with Crippen LogP contribution in [0.25, 0.3) is 0 Å². The van der Waals surface area contributed by atoms with Crippen LogP contribution in [0.1, 0.15) is 57.6 Å². The molecule has 31 heavy (non-hydrogen) atoms. The lowest BCUT2D eigenvalue weighted by atomic mass is 9.59. The Bertz CT molecular complexity index is 997. The summed E-state index contributed by atoms with van der Waals surface area (Å²) in [5.41, 5.74) is 3.10. The van der Waals surface area contributed by atoms with Crippen molar-refractivity contribution < 1.29 is 9.53 Å². The quantitative estimate of drug-likeness (QED) is 0.540. The summed E-state index contributed by atoms with van der Waals surface area (Å²) in [5.74, 6) is 1.70. The van der Waals surface area contributed by atoms with Gasteiger partial charge in [-0.15, -0.1) is 0 Å². The Morgan fingerprint density at radius 3 is 2.94 bits per heavy atom. The third-order valence-electron chi connectivity index (χ3n) is 9.09. The Morgan fingerprint density at radius 2 is 2.06 bits per heavy atom. The molecule has 6 rings (SSSR count). The van der Waals surface area contributed by atoms with Crippen LogP contribution in [0.15, 0.2) is 34.6 Å². The van der Waals surface area contributed by atoms with Gasteiger partial charge >= 0.3 is 5.97 Å². The smallest absolute Gasteiger partial charge is 0.311 e. The number of fused-ring (bicyclic) bond motifs is 6. The summed E-state index contributed by atoms with van der Waals surface area (Å²) in [4.78, 5) is 27.8. The molecule has 3 fully saturated rings. The van der Waals surface area contributed by atoms with E-state index in [9.17, 15) is 9.59 Å². The number of allylic oxidation sites excluding steroid dienone is 1. The van der Waals surface area contributed by atoms with Crippen molar-refractivity contribution in [3.8, 4) is 0 Å². The Kier molecular flexibility index (Phi) is 4.51. The topological polar surface area (TPSA) is 51.5 Å². The number of hydrogen-bond donors (Lipinski definition) is 0. The van der Waals surface area contributed by atoms with Crippen molar-refractivity contribution in [2.75, 3.05) is 19.6 Å². The number of likely N-dealkylation sites (tertiary alicyclic amines) is 1. The van der Waals surface area contributed by atoms with E-state index in [0.717, 1.165) is 39.0 Å². The van der Waals surface area contributed by atoms with Gasteiger partial charge in [-0.25, -0.2) is 0 Å². The van der Waals surface area contributed by atoms with Crippen LogP contribution in [-0.2, 0) is 16.1 Å². The third kappa shape index (κ3) is 3.14. The molecule has 3 aliphatic heterocycles. The molecular weight excluding hydrogens is 388 g/mol. The molecule has 166 valence electrons. The van der Waals surface area contributed by atoms with Crippen LogP contribution in [0.4, 0.5) is 0 Å². The van der Waals surface area contributed by atoms with Gasteiger partial charge in [-0.05, 0) is 49.0 Å². The Labute approximate surface area is 184 Å². The standard InChI is InChI=1S/C26H34N2O3/c1-16-5-4-8-26(2)11-23-19(10-21(16)26)20(25(30)31-23)15-27-12-17-9-18(14-27)22-6-3-7-24(29)28(22)13-17/h3,6-7,10,16-20,23H,4-5,8-9,11-15H2,1-2H3/t16-,17-,18+,19+,20+,23+,26+/m0/s1. The van der Waals surface area contributed by atoms with E-state index in [4.69, 9.17) is 4.74 Å². The molecule has 2 saturated heterocycles. The molecule has 2 aliphatic carbocycles. The van der Waals surface area contributed by atoms with Gasteiger partial charge in [-0.1, -0.05) is 38.0 Å². The van der Waals surface area contributed by atoms with Gasteiger partial charge in [0.25, 0.3) is 5.56 Å². The van der Waals surface area contributed by atoms with Gasteiger partial charge in [0.15, 0.2) is 0 Å². The minimum Gasteiger partial charge on any atom is -0.461 e. The number of piperidine rings is 1. The summed E-state index contributed by atoms with van der Waals surface area (Å²) in [7, 11) is 0. The first-order chi connectivity index (χ1) is 14.9. The van der Waals surface area contributed by atoms with Crippen molar-refractivity contribution in [3.05, 3.63) is 45.9 Å². The third-order valence-corrected chi connectivity index (χ3v) is 9.09. The van der Waals surface area contributed by atoms with Crippen LogP contribution in [-0.4, -0.2) is 41.2 Å². The van der Waals surface area contributed by atoms with Crippen molar-refractivity contribution in [3.63, 3.8) is 0 Å². The van der Waals surface area contributed by atoms with Crippen LogP contribution in [0.3, 0.4) is 0 Å². The molecule has 0 radical (unpaired) electrons. The minimum absolute atomic E-state index is 0.00843. The van der Waals surface area contributed by atoms with E-state index in [0.29, 0.717) is 17.8 Å². The summed E-state index contributed by atoms with van der Waals surface area (Å²) >= 11 is 0. The Morgan fingerprint density at radius 1 is 1.19 bits per heavy atom.